The number of aryl methyl sites for hydroxylation is 1. The van der Waals surface area contributed by atoms with E-state index in [1.165, 1.54) is 0 Å². The van der Waals surface area contributed by atoms with E-state index in [-0.39, 0.29) is 29.5 Å². The second kappa shape index (κ2) is 7.80. The number of aromatic nitrogens is 1. The molecule has 1 aromatic heterocycles. The fraction of sp³-hybridized carbons (Fsp3) is 0.647. The molecule has 2 aliphatic rings. The average Bonchev–Trinajstić information content (AvgIpc) is 2.93. The highest BCUT2D eigenvalue weighted by Crippen LogP contribution is 2.27. The van der Waals surface area contributed by atoms with Gasteiger partial charge in [-0.15, -0.1) is 0 Å². The van der Waals surface area contributed by atoms with E-state index >= 15 is 0 Å². The van der Waals surface area contributed by atoms with Crippen LogP contribution in [0.1, 0.15) is 12.1 Å². The second-order valence-corrected chi connectivity index (χ2v) is 8.80. The predicted molar refractivity (Wildman–Crippen MR) is 93.9 cm³/mol. The molecule has 0 N–H and O–H groups in total. The van der Waals surface area contributed by atoms with Gasteiger partial charge in [-0.3, -0.25) is 14.7 Å². The van der Waals surface area contributed by atoms with Gasteiger partial charge in [0.25, 0.3) is 0 Å². The number of hydrogen-bond donors (Lipinski definition) is 0. The van der Waals surface area contributed by atoms with E-state index in [0.717, 1.165) is 5.69 Å². The Bertz CT molecular complexity index is 695. The number of hydrogen-bond acceptors (Lipinski definition) is 6. The van der Waals surface area contributed by atoms with E-state index in [1.807, 2.05) is 18.2 Å². The minimum absolute atomic E-state index is 0.0177. The zero-order valence-corrected chi connectivity index (χ0v) is 15.3. The summed E-state index contributed by atoms with van der Waals surface area (Å²) in [5, 5.41) is 0. The number of rotatable bonds is 6. The first-order valence-corrected chi connectivity index (χ1v) is 10.4. The zero-order valence-electron chi connectivity index (χ0n) is 14.5. The Hall–Kier alpha value is -1.51. The molecule has 0 saturated carbocycles. The van der Waals surface area contributed by atoms with Gasteiger partial charge >= 0.3 is 0 Å². The molecular formula is C17H25N3O4S. The standard InChI is InChI=1S/C17H25N3O4S/c1-24-11-10-19-8-9-20(16-13-25(22,23)12-15(16)19)17(21)6-5-14-4-2-3-7-18-14/h2-4,7,15-16H,5-6,8-13H2,1H3/t15-,16+/m0/s1. The Kier molecular flexibility index (Phi) is 5.71. The number of piperazine rings is 1. The largest absolute Gasteiger partial charge is 0.383 e. The molecule has 0 radical (unpaired) electrons. The van der Waals surface area contributed by atoms with Crippen LogP contribution in [0.3, 0.4) is 0 Å². The first-order valence-electron chi connectivity index (χ1n) is 8.63. The molecule has 0 unspecified atom stereocenters. The molecule has 25 heavy (non-hydrogen) atoms. The maximum atomic E-state index is 12.7. The van der Waals surface area contributed by atoms with Gasteiger partial charge in [-0.05, 0) is 18.6 Å². The van der Waals surface area contributed by atoms with Crippen molar-refractivity contribution >= 4 is 15.7 Å². The summed E-state index contributed by atoms with van der Waals surface area (Å²) in [6, 6.07) is 5.29. The van der Waals surface area contributed by atoms with Gasteiger partial charge in [-0.25, -0.2) is 8.42 Å². The van der Waals surface area contributed by atoms with Gasteiger partial charge < -0.3 is 9.64 Å². The first-order chi connectivity index (χ1) is 12.0. The molecule has 7 nitrogen and oxygen atoms in total. The lowest BCUT2D eigenvalue weighted by Crippen LogP contribution is -2.61. The number of sulfone groups is 1. The molecule has 2 atom stereocenters. The van der Waals surface area contributed by atoms with Gasteiger partial charge in [-0.1, -0.05) is 6.07 Å². The number of methoxy groups -OCH3 is 1. The first kappa shape index (κ1) is 18.3. The quantitative estimate of drug-likeness (QED) is 0.703. The summed E-state index contributed by atoms with van der Waals surface area (Å²) in [4.78, 5) is 20.9. The molecule has 2 saturated heterocycles. The van der Waals surface area contributed by atoms with Crippen molar-refractivity contribution in [3.63, 3.8) is 0 Å². The third-order valence-electron chi connectivity index (χ3n) is 5.02. The molecule has 2 aliphatic heterocycles. The SMILES string of the molecule is COCCN1CCN(C(=O)CCc2ccccn2)[C@@H]2CS(=O)(=O)C[C@@H]21. The van der Waals surface area contributed by atoms with Crippen LogP contribution in [-0.4, -0.2) is 86.0 Å². The van der Waals surface area contributed by atoms with Crippen LogP contribution in [-0.2, 0) is 25.8 Å². The van der Waals surface area contributed by atoms with Gasteiger partial charge in [0, 0.05) is 51.1 Å². The highest BCUT2D eigenvalue weighted by molar-refractivity contribution is 7.91. The van der Waals surface area contributed by atoms with Crippen LogP contribution in [0.2, 0.25) is 0 Å². The highest BCUT2D eigenvalue weighted by Gasteiger charge is 2.47. The minimum atomic E-state index is -3.11. The molecule has 3 heterocycles. The molecule has 3 rings (SSSR count). The van der Waals surface area contributed by atoms with Crippen LogP contribution in [0.4, 0.5) is 0 Å². The van der Waals surface area contributed by atoms with Crippen molar-refractivity contribution in [1.29, 1.82) is 0 Å². The topological polar surface area (TPSA) is 79.8 Å². The minimum Gasteiger partial charge on any atom is -0.383 e. The molecule has 8 heteroatoms. The lowest BCUT2D eigenvalue weighted by molar-refractivity contribution is -0.137. The average molecular weight is 367 g/mol. The Balaban J connectivity index is 1.66. The van der Waals surface area contributed by atoms with Crippen molar-refractivity contribution in [3.05, 3.63) is 30.1 Å². The van der Waals surface area contributed by atoms with Crippen LogP contribution in [0.25, 0.3) is 0 Å². The normalized spacial score (nSPS) is 25.7. The summed E-state index contributed by atoms with van der Waals surface area (Å²) in [6.07, 6.45) is 2.65. The highest BCUT2D eigenvalue weighted by atomic mass is 32.2. The van der Waals surface area contributed by atoms with Crippen LogP contribution < -0.4 is 0 Å². The van der Waals surface area contributed by atoms with E-state index in [4.69, 9.17) is 4.74 Å². The van der Waals surface area contributed by atoms with Gasteiger partial charge in [-0.2, -0.15) is 0 Å². The molecule has 0 bridgehead atoms. The molecule has 1 amide bonds. The van der Waals surface area contributed by atoms with Crippen LogP contribution >= 0.6 is 0 Å². The Morgan fingerprint density at radius 3 is 2.80 bits per heavy atom. The van der Waals surface area contributed by atoms with Crippen molar-refractivity contribution in [1.82, 2.24) is 14.8 Å². The summed E-state index contributed by atoms with van der Waals surface area (Å²) in [6.45, 7) is 2.52. The lowest BCUT2D eigenvalue weighted by Gasteiger charge is -2.44. The van der Waals surface area contributed by atoms with E-state index in [0.29, 0.717) is 39.1 Å². The Morgan fingerprint density at radius 1 is 1.28 bits per heavy atom. The number of carbonyl (C=O) groups is 1. The smallest absolute Gasteiger partial charge is 0.223 e. The Morgan fingerprint density at radius 2 is 2.08 bits per heavy atom. The van der Waals surface area contributed by atoms with Gasteiger partial charge in [0.05, 0.1) is 24.2 Å². The van der Waals surface area contributed by atoms with Gasteiger partial charge in [0.1, 0.15) is 0 Å². The molecule has 1 aromatic rings. The fourth-order valence-electron chi connectivity index (χ4n) is 3.75. The second-order valence-electron chi connectivity index (χ2n) is 6.65. The maximum Gasteiger partial charge on any atom is 0.223 e. The molecule has 0 spiro atoms. The van der Waals surface area contributed by atoms with Crippen molar-refractivity contribution in [2.45, 2.75) is 24.9 Å². The molecule has 0 aromatic carbocycles. The number of amides is 1. The fourth-order valence-corrected chi connectivity index (χ4v) is 5.76. The van der Waals surface area contributed by atoms with Gasteiger partial charge in [0.15, 0.2) is 9.84 Å². The number of nitrogens with zero attached hydrogens (tertiary/aromatic N) is 3. The van der Waals surface area contributed by atoms with Crippen LogP contribution in [0, 0.1) is 0 Å². The van der Waals surface area contributed by atoms with Crippen LogP contribution in [0.5, 0.6) is 0 Å². The van der Waals surface area contributed by atoms with E-state index in [2.05, 4.69) is 9.88 Å². The van der Waals surface area contributed by atoms with E-state index < -0.39 is 9.84 Å². The summed E-state index contributed by atoms with van der Waals surface area (Å²) >= 11 is 0. The van der Waals surface area contributed by atoms with Crippen molar-refractivity contribution < 1.29 is 17.9 Å². The molecular weight excluding hydrogens is 342 g/mol. The summed E-state index contributed by atoms with van der Waals surface area (Å²) in [7, 11) is -1.47. The van der Waals surface area contributed by atoms with Crippen molar-refractivity contribution in [2.75, 3.05) is 44.9 Å². The summed E-state index contributed by atoms with van der Waals surface area (Å²) in [5.74, 6) is 0.214. The monoisotopic (exact) mass is 367 g/mol. The maximum absolute atomic E-state index is 12.7. The number of pyridine rings is 1. The Labute approximate surface area is 148 Å². The third kappa shape index (κ3) is 4.37. The van der Waals surface area contributed by atoms with E-state index in [9.17, 15) is 13.2 Å². The lowest BCUT2D eigenvalue weighted by atomic mass is 10.0. The number of fused-ring (bicyclic) bond motifs is 1. The molecule has 138 valence electrons. The van der Waals surface area contributed by atoms with E-state index in [1.54, 1.807) is 18.2 Å². The third-order valence-corrected chi connectivity index (χ3v) is 6.71. The van der Waals surface area contributed by atoms with Crippen LogP contribution in [0.15, 0.2) is 24.4 Å². The van der Waals surface area contributed by atoms with Crippen molar-refractivity contribution in [3.8, 4) is 0 Å². The molecule has 2 fully saturated rings. The zero-order chi connectivity index (χ0) is 17.9. The summed E-state index contributed by atoms with van der Waals surface area (Å²) in [5.41, 5.74) is 0.880. The van der Waals surface area contributed by atoms with Crippen molar-refractivity contribution in [2.24, 2.45) is 0 Å². The number of ether oxygens (including phenoxy) is 1. The van der Waals surface area contributed by atoms with Gasteiger partial charge in [0.2, 0.25) is 5.91 Å². The summed E-state index contributed by atoms with van der Waals surface area (Å²) < 4.78 is 29.4. The predicted octanol–water partition coefficient (Wildman–Crippen LogP) is -0.0296. The molecule has 0 aliphatic carbocycles. The number of carbonyl (C=O) groups excluding carboxylic acids is 1.